The average Bonchev–Trinajstić information content (AvgIpc) is 3.02. The Balaban J connectivity index is 1.82. The minimum atomic E-state index is -0.445. The van der Waals surface area contributed by atoms with Crippen molar-refractivity contribution in [3.63, 3.8) is 0 Å². The van der Waals surface area contributed by atoms with Crippen molar-refractivity contribution in [3.8, 4) is 0 Å². The van der Waals surface area contributed by atoms with Gasteiger partial charge < -0.3 is 9.80 Å². The molecule has 120 valence electrons. The summed E-state index contributed by atoms with van der Waals surface area (Å²) in [6.07, 6.45) is 0. The fourth-order valence-electron chi connectivity index (χ4n) is 3.05. The Morgan fingerprint density at radius 2 is 1.87 bits per heavy atom. The maximum atomic E-state index is 12.8. The van der Waals surface area contributed by atoms with Crippen molar-refractivity contribution in [2.24, 2.45) is 0 Å². The predicted octanol–water partition coefficient (Wildman–Crippen LogP) is 3.24. The normalized spacial score (nSPS) is 18.4. The number of thiophene rings is 1. The van der Waals surface area contributed by atoms with Crippen molar-refractivity contribution in [1.82, 2.24) is 4.90 Å². The zero-order chi connectivity index (χ0) is 16.6. The van der Waals surface area contributed by atoms with E-state index >= 15 is 0 Å². The summed E-state index contributed by atoms with van der Waals surface area (Å²) in [5, 5.41) is 1.88. The molecule has 4 nitrogen and oxygen atoms in total. The number of benzene rings is 1. The fraction of sp³-hybridized carbons (Fsp3) is 0.333. The average molecular weight is 328 g/mol. The van der Waals surface area contributed by atoms with Gasteiger partial charge in [-0.25, -0.2) is 0 Å². The van der Waals surface area contributed by atoms with Gasteiger partial charge >= 0.3 is 0 Å². The van der Waals surface area contributed by atoms with Crippen LogP contribution in [0.1, 0.15) is 27.7 Å². The molecule has 0 spiro atoms. The molecule has 5 heteroatoms. The van der Waals surface area contributed by atoms with Crippen LogP contribution < -0.4 is 4.90 Å². The second-order valence-corrected chi connectivity index (χ2v) is 6.94. The van der Waals surface area contributed by atoms with Gasteiger partial charge in [0, 0.05) is 18.8 Å². The van der Waals surface area contributed by atoms with E-state index in [-0.39, 0.29) is 11.8 Å². The van der Waals surface area contributed by atoms with E-state index in [0.717, 1.165) is 16.8 Å². The summed E-state index contributed by atoms with van der Waals surface area (Å²) in [4.78, 5) is 29.5. The van der Waals surface area contributed by atoms with Crippen LogP contribution in [0.25, 0.3) is 0 Å². The molecule has 1 aromatic heterocycles. The van der Waals surface area contributed by atoms with Crippen LogP contribution in [0.4, 0.5) is 5.69 Å². The number of anilines is 1. The van der Waals surface area contributed by atoms with Crippen LogP contribution in [0.15, 0.2) is 35.7 Å². The van der Waals surface area contributed by atoms with Crippen LogP contribution in [0.5, 0.6) is 0 Å². The van der Waals surface area contributed by atoms with Gasteiger partial charge in [-0.15, -0.1) is 11.3 Å². The number of carbonyl (C=O) groups excluding carboxylic acids is 2. The molecule has 1 fully saturated rings. The summed E-state index contributed by atoms with van der Waals surface area (Å²) in [7, 11) is 0. The van der Waals surface area contributed by atoms with Crippen molar-refractivity contribution < 1.29 is 9.59 Å². The predicted molar refractivity (Wildman–Crippen MR) is 93.1 cm³/mol. The lowest BCUT2D eigenvalue weighted by Crippen LogP contribution is -2.57. The summed E-state index contributed by atoms with van der Waals surface area (Å²) in [5.41, 5.74) is 3.19. The third kappa shape index (κ3) is 3.01. The highest BCUT2D eigenvalue weighted by Crippen LogP contribution is 2.24. The number of nitrogens with zero attached hydrogens (tertiary/aromatic N) is 2. The van der Waals surface area contributed by atoms with Crippen molar-refractivity contribution in [2.45, 2.75) is 26.8 Å². The van der Waals surface area contributed by atoms with Gasteiger partial charge in [-0.3, -0.25) is 9.59 Å². The first-order valence-electron chi connectivity index (χ1n) is 7.71. The van der Waals surface area contributed by atoms with Gasteiger partial charge in [-0.05, 0) is 55.5 Å². The highest BCUT2D eigenvalue weighted by atomic mass is 32.1. The molecule has 3 rings (SSSR count). The van der Waals surface area contributed by atoms with E-state index in [1.54, 1.807) is 15.9 Å². The minimum absolute atomic E-state index is 0.0221. The third-order valence-corrected chi connectivity index (χ3v) is 5.02. The van der Waals surface area contributed by atoms with Crippen LogP contribution >= 0.6 is 11.3 Å². The van der Waals surface area contributed by atoms with E-state index in [2.05, 4.69) is 6.07 Å². The summed E-state index contributed by atoms with van der Waals surface area (Å²) in [6.45, 7) is 6.95. The Morgan fingerprint density at radius 3 is 2.48 bits per heavy atom. The molecular formula is C18H20N2O2S. The lowest BCUT2D eigenvalue weighted by Gasteiger charge is -2.39. The fourth-order valence-corrected chi connectivity index (χ4v) is 3.73. The quantitative estimate of drug-likeness (QED) is 0.849. The highest BCUT2D eigenvalue weighted by molar-refractivity contribution is 7.12. The number of piperazine rings is 1. The maximum Gasteiger partial charge on any atom is 0.264 e. The Labute approximate surface area is 140 Å². The lowest BCUT2D eigenvalue weighted by molar-refractivity contribution is -0.124. The van der Waals surface area contributed by atoms with Crippen LogP contribution in [0.3, 0.4) is 0 Å². The smallest absolute Gasteiger partial charge is 0.264 e. The zero-order valence-corrected chi connectivity index (χ0v) is 14.4. The topological polar surface area (TPSA) is 40.6 Å². The Morgan fingerprint density at radius 1 is 1.17 bits per heavy atom. The van der Waals surface area contributed by atoms with Crippen molar-refractivity contribution in [2.75, 3.05) is 18.0 Å². The molecule has 1 unspecified atom stereocenters. The number of amides is 2. The standard InChI is InChI=1S/C18H20N2O2S/c1-12-9-13(2)11-15(10-12)20-7-6-19(14(3)17(20)21)18(22)16-5-4-8-23-16/h4-5,8-11,14H,6-7H2,1-3H3. The summed E-state index contributed by atoms with van der Waals surface area (Å²) in [5.74, 6) is -0.0768. The molecule has 0 bridgehead atoms. The van der Waals surface area contributed by atoms with E-state index < -0.39 is 6.04 Å². The number of aryl methyl sites for hydroxylation is 2. The molecule has 1 aliphatic heterocycles. The SMILES string of the molecule is Cc1cc(C)cc(N2CCN(C(=O)c3cccs3)C(C)C2=O)c1. The van der Waals surface area contributed by atoms with Gasteiger partial charge in [0.05, 0.1) is 4.88 Å². The van der Waals surface area contributed by atoms with Crippen LogP contribution in [-0.2, 0) is 4.79 Å². The molecule has 0 saturated carbocycles. The van der Waals surface area contributed by atoms with Gasteiger partial charge in [-0.1, -0.05) is 12.1 Å². The minimum Gasteiger partial charge on any atom is -0.324 e. The van der Waals surface area contributed by atoms with Gasteiger partial charge in [-0.2, -0.15) is 0 Å². The lowest BCUT2D eigenvalue weighted by atomic mass is 10.1. The van der Waals surface area contributed by atoms with Gasteiger partial charge in [0.25, 0.3) is 5.91 Å². The van der Waals surface area contributed by atoms with E-state index in [9.17, 15) is 9.59 Å². The number of hydrogen-bond donors (Lipinski definition) is 0. The molecule has 1 aliphatic rings. The van der Waals surface area contributed by atoms with Gasteiger partial charge in [0.15, 0.2) is 0 Å². The second-order valence-electron chi connectivity index (χ2n) is 5.99. The first-order chi connectivity index (χ1) is 11.0. The van der Waals surface area contributed by atoms with Crippen molar-refractivity contribution in [3.05, 3.63) is 51.7 Å². The van der Waals surface area contributed by atoms with Crippen LogP contribution in [-0.4, -0.2) is 35.8 Å². The molecule has 2 heterocycles. The molecule has 0 N–H and O–H groups in total. The Bertz CT molecular complexity index is 719. The molecule has 1 aromatic carbocycles. The molecule has 2 amide bonds. The molecule has 23 heavy (non-hydrogen) atoms. The molecule has 2 aromatic rings. The zero-order valence-electron chi connectivity index (χ0n) is 13.6. The first kappa shape index (κ1) is 15.7. The van der Waals surface area contributed by atoms with Crippen molar-refractivity contribution in [1.29, 1.82) is 0 Å². The summed E-state index contributed by atoms with van der Waals surface area (Å²) in [6, 6.07) is 9.35. The van der Waals surface area contributed by atoms with Crippen LogP contribution in [0, 0.1) is 13.8 Å². The number of rotatable bonds is 2. The number of hydrogen-bond acceptors (Lipinski definition) is 3. The molecule has 0 aliphatic carbocycles. The molecule has 1 atom stereocenters. The highest BCUT2D eigenvalue weighted by Gasteiger charge is 2.35. The first-order valence-corrected chi connectivity index (χ1v) is 8.59. The molecular weight excluding hydrogens is 308 g/mol. The monoisotopic (exact) mass is 328 g/mol. The second kappa shape index (κ2) is 6.16. The summed E-state index contributed by atoms with van der Waals surface area (Å²) >= 11 is 1.41. The Hall–Kier alpha value is -2.14. The Kier molecular flexibility index (Phi) is 4.22. The van der Waals surface area contributed by atoms with E-state index in [0.29, 0.717) is 18.0 Å². The number of carbonyl (C=O) groups is 2. The van der Waals surface area contributed by atoms with E-state index in [1.807, 2.05) is 44.4 Å². The largest absolute Gasteiger partial charge is 0.324 e. The van der Waals surface area contributed by atoms with Gasteiger partial charge in [0.1, 0.15) is 6.04 Å². The van der Waals surface area contributed by atoms with Crippen LogP contribution in [0.2, 0.25) is 0 Å². The molecule has 0 radical (unpaired) electrons. The van der Waals surface area contributed by atoms with Gasteiger partial charge in [0.2, 0.25) is 5.91 Å². The van der Waals surface area contributed by atoms with E-state index in [4.69, 9.17) is 0 Å². The third-order valence-electron chi connectivity index (χ3n) is 4.17. The summed E-state index contributed by atoms with van der Waals surface area (Å²) < 4.78 is 0. The van der Waals surface area contributed by atoms with E-state index in [1.165, 1.54) is 11.3 Å². The molecule has 1 saturated heterocycles. The maximum absolute atomic E-state index is 12.8. The van der Waals surface area contributed by atoms with Crippen molar-refractivity contribution >= 4 is 28.8 Å².